The number of allylic oxidation sites excluding steroid dienone is 1. The van der Waals surface area contributed by atoms with Crippen LogP contribution in [0.15, 0.2) is 63.4 Å². The van der Waals surface area contributed by atoms with E-state index in [2.05, 4.69) is 16.8 Å². The third-order valence-corrected chi connectivity index (χ3v) is 9.36. The molecule has 7 N–H and O–H groups in total. The molecule has 10 heteroatoms. The zero-order valence-corrected chi connectivity index (χ0v) is 26.7. The Bertz CT molecular complexity index is 1720. The summed E-state index contributed by atoms with van der Waals surface area (Å²) in [4.78, 5) is 22.6. The third-order valence-electron chi connectivity index (χ3n) is 9.36. The molecule has 0 saturated heterocycles. The zero-order chi connectivity index (χ0) is 33.1. The lowest BCUT2D eigenvalue weighted by molar-refractivity contribution is -0.885. The number of fused-ring (bicyclic) bond motifs is 4. The molecule has 4 heterocycles. The number of aliphatic imine (C=N–C) groups is 2. The molecular weight excluding hydrogens is 596 g/mol. The quantitative estimate of drug-likeness (QED) is 0.206. The molecule has 0 saturated carbocycles. The van der Waals surface area contributed by atoms with Gasteiger partial charge in [0.2, 0.25) is 6.23 Å². The van der Waals surface area contributed by atoms with Crippen LogP contribution in [0.4, 0.5) is 0 Å². The Morgan fingerprint density at radius 2 is 2.00 bits per heavy atom. The number of nitrogens with two attached hydrogens (primary N) is 1. The Morgan fingerprint density at radius 3 is 2.83 bits per heavy atom. The Kier molecular flexibility index (Phi) is 10.0. The van der Waals surface area contributed by atoms with Crippen molar-refractivity contribution >= 4 is 18.2 Å². The van der Waals surface area contributed by atoms with E-state index in [1.807, 2.05) is 37.7 Å². The summed E-state index contributed by atoms with van der Waals surface area (Å²) in [5.74, 6) is 6.34. The largest absolute Gasteiger partial charge is 0.504 e. The highest BCUT2D eigenvalue weighted by Gasteiger charge is 2.36. The van der Waals surface area contributed by atoms with Crippen LogP contribution in [0.1, 0.15) is 85.5 Å². The number of rotatable bonds is 11. The number of nitrogens with zero attached hydrogens (tertiary/aromatic N) is 2. The first kappa shape index (κ1) is 32.8. The fourth-order valence-electron chi connectivity index (χ4n) is 6.86. The molecule has 4 aliphatic rings. The van der Waals surface area contributed by atoms with Crippen LogP contribution in [0, 0.1) is 11.8 Å². The summed E-state index contributed by atoms with van der Waals surface area (Å²) in [7, 11) is 0. The second-order valence-corrected chi connectivity index (χ2v) is 12.8. The summed E-state index contributed by atoms with van der Waals surface area (Å²) in [6.45, 7) is 2.60. The van der Waals surface area contributed by atoms with Crippen molar-refractivity contribution in [2.24, 2.45) is 15.7 Å². The van der Waals surface area contributed by atoms with Crippen molar-refractivity contribution < 1.29 is 34.9 Å². The molecule has 6 rings (SSSR count). The number of benzene rings is 2. The molecule has 246 valence electrons. The molecular formula is C37H43N4O6+. The predicted molar refractivity (Wildman–Crippen MR) is 178 cm³/mol. The van der Waals surface area contributed by atoms with Gasteiger partial charge in [-0.2, -0.15) is 0 Å². The van der Waals surface area contributed by atoms with E-state index < -0.39 is 30.7 Å². The van der Waals surface area contributed by atoms with Crippen LogP contribution in [0.25, 0.3) is 0 Å². The van der Waals surface area contributed by atoms with Gasteiger partial charge in [-0.05, 0) is 64.8 Å². The van der Waals surface area contributed by atoms with Gasteiger partial charge in [-0.1, -0.05) is 43.4 Å². The van der Waals surface area contributed by atoms with Gasteiger partial charge in [-0.25, -0.2) is 0 Å². The average Bonchev–Trinajstić information content (AvgIpc) is 3.62. The number of phenolic OH excluding ortho intramolecular Hbond substituents is 1. The van der Waals surface area contributed by atoms with Gasteiger partial charge in [0.05, 0.1) is 12.2 Å². The third kappa shape index (κ3) is 7.40. The number of phenols is 1. The van der Waals surface area contributed by atoms with Crippen molar-refractivity contribution in [1.82, 2.24) is 0 Å². The first-order chi connectivity index (χ1) is 22.7. The normalized spacial score (nSPS) is 23.9. The summed E-state index contributed by atoms with van der Waals surface area (Å²) in [5, 5.41) is 42.2. The lowest BCUT2D eigenvalue weighted by Crippen LogP contribution is -3.11. The number of Topliss-reactive ketones (excluding diaryl/α,β-unsaturated/α-hetero) is 1. The van der Waals surface area contributed by atoms with Crippen molar-refractivity contribution in [2.45, 2.75) is 95.4 Å². The molecule has 0 spiro atoms. The van der Waals surface area contributed by atoms with Gasteiger partial charge in [-0.15, -0.1) is 0 Å². The van der Waals surface area contributed by atoms with Crippen LogP contribution in [0.2, 0.25) is 0 Å². The number of hydrogen-bond acceptors (Lipinski definition) is 9. The van der Waals surface area contributed by atoms with Gasteiger partial charge in [0.1, 0.15) is 42.9 Å². The summed E-state index contributed by atoms with van der Waals surface area (Å²) in [5.41, 5.74) is 14.0. The van der Waals surface area contributed by atoms with Crippen molar-refractivity contribution in [1.29, 1.82) is 0 Å². The topological polar surface area (TPSA) is 162 Å². The SMILES string of the molecule is CCC[C@H](O)C[C@@H](O)CC(=O)CCc1ccc(O)c(O[C@@H]2CC#C[C@H](O)c3ccc4c(c3CC3=C5C[NH+]2C=C5N=C3)CC=N[C@@H]4N)c1. The lowest BCUT2D eigenvalue weighted by atomic mass is 9.85. The number of ketones is 1. The Morgan fingerprint density at radius 1 is 1.17 bits per heavy atom. The smallest absolute Gasteiger partial charge is 0.247 e. The van der Waals surface area contributed by atoms with Crippen molar-refractivity contribution in [2.75, 3.05) is 6.54 Å². The number of aliphatic hydroxyl groups is 3. The molecule has 0 amide bonds. The van der Waals surface area contributed by atoms with Crippen LogP contribution in [0.5, 0.6) is 11.5 Å². The Labute approximate surface area is 275 Å². The first-order valence-corrected chi connectivity index (χ1v) is 16.5. The predicted octanol–water partition coefficient (Wildman–Crippen LogP) is 2.29. The maximum atomic E-state index is 12.6. The minimum Gasteiger partial charge on any atom is -0.504 e. The van der Waals surface area contributed by atoms with Crippen LogP contribution in [-0.2, 0) is 24.1 Å². The van der Waals surface area contributed by atoms with Crippen LogP contribution < -0.4 is 15.4 Å². The van der Waals surface area contributed by atoms with Gasteiger partial charge in [0.25, 0.3) is 0 Å². The van der Waals surface area contributed by atoms with E-state index >= 15 is 0 Å². The van der Waals surface area contributed by atoms with Gasteiger partial charge in [-0.3, -0.25) is 19.7 Å². The monoisotopic (exact) mass is 639 g/mol. The van der Waals surface area contributed by atoms with Crippen LogP contribution in [0.3, 0.4) is 0 Å². The van der Waals surface area contributed by atoms with Crippen molar-refractivity contribution in [3.8, 4) is 23.3 Å². The second-order valence-electron chi connectivity index (χ2n) is 12.8. The highest BCUT2D eigenvalue weighted by atomic mass is 16.5. The summed E-state index contributed by atoms with van der Waals surface area (Å²) in [6.07, 6.45) is 6.11. The molecule has 1 unspecified atom stereocenters. The molecule has 2 aromatic carbocycles. The van der Waals surface area contributed by atoms with Crippen LogP contribution in [-0.4, -0.2) is 63.6 Å². The number of carbonyl (C=O) groups is 1. The maximum Gasteiger partial charge on any atom is 0.247 e. The summed E-state index contributed by atoms with van der Waals surface area (Å²) < 4.78 is 6.43. The van der Waals surface area contributed by atoms with E-state index in [1.165, 1.54) is 0 Å². The van der Waals surface area contributed by atoms with Gasteiger partial charge >= 0.3 is 0 Å². The van der Waals surface area contributed by atoms with Crippen molar-refractivity contribution in [3.63, 3.8) is 0 Å². The van der Waals surface area contributed by atoms with Gasteiger partial charge in [0, 0.05) is 43.7 Å². The minimum atomic E-state index is -1.01. The highest BCUT2D eigenvalue weighted by Crippen LogP contribution is 2.35. The number of aryl methyl sites for hydroxylation is 1. The number of hydrogen-bond donors (Lipinski definition) is 6. The van der Waals surface area contributed by atoms with E-state index in [0.29, 0.717) is 32.2 Å². The van der Waals surface area contributed by atoms with Crippen LogP contribution >= 0.6 is 0 Å². The standard InChI is InChI=1S/C37H42N4O6/c1-2-4-24(42)17-26(44)18-25(43)9-7-22-8-12-34(46)35(15-22)47-36-6-3-5-33(45)28-10-11-29-27(13-14-39-37(29)38)30(28)16-23-19-40-32-21-41(36)20-31(23)32/h8,10-12,14-15,19,21,24,26,33,36-37,42,44-46H,2,4,6-7,9,13,16-18,20,38H2,1H3/p+1/t24-,26+,33-,36+,37-/m0/s1. The molecule has 4 aliphatic heterocycles. The molecule has 0 aromatic heterocycles. The van der Waals surface area contributed by atoms with Gasteiger partial charge in [0.15, 0.2) is 11.5 Å². The van der Waals surface area contributed by atoms with Gasteiger partial charge < -0.3 is 30.9 Å². The fraction of sp³-hybridized carbons (Fsp3) is 0.432. The number of aromatic hydroxyl groups is 1. The molecule has 10 nitrogen and oxygen atoms in total. The molecule has 2 aromatic rings. The molecule has 0 aliphatic carbocycles. The van der Waals surface area contributed by atoms with E-state index in [9.17, 15) is 25.2 Å². The maximum absolute atomic E-state index is 12.6. The van der Waals surface area contributed by atoms with E-state index in [1.54, 1.807) is 18.2 Å². The number of ether oxygens (including phenoxy) is 1. The van der Waals surface area contributed by atoms with E-state index in [0.717, 1.165) is 56.0 Å². The zero-order valence-electron chi connectivity index (χ0n) is 26.7. The number of nitrogens with one attached hydrogen (secondary N) is 1. The number of quaternary nitrogens is 1. The lowest BCUT2D eigenvalue weighted by Gasteiger charge is -2.25. The van der Waals surface area contributed by atoms with Crippen molar-refractivity contribution in [3.05, 3.63) is 81.2 Å². The number of carbonyl (C=O) groups excluding carboxylic acids is 1. The molecule has 0 radical (unpaired) electrons. The average molecular weight is 640 g/mol. The Balaban J connectivity index is 1.20. The second kappa shape index (κ2) is 14.3. The first-order valence-electron chi connectivity index (χ1n) is 16.5. The van der Waals surface area contributed by atoms with E-state index in [-0.39, 0.29) is 43.0 Å². The highest BCUT2D eigenvalue weighted by molar-refractivity contribution is 5.87. The summed E-state index contributed by atoms with van der Waals surface area (Å²) >= 11 is 0. The molecule has 6 atom stereocenters. The minimum absolute atomic E-state index is 0.00311. The van der Waals surface area contributed by atoms with E-state index in [4.69, 9.17) is 15.5 Å². The Hall–Kier alpha value is -4.11. The molecule has 0 fully saturated rings. The fourth-order valence-corrected chi connectivity index (χ4v) is 6.86. The molecule has 2 bridgehead atoms. The number of aliphatic hydroxyl groups excluding tert-OH is 3. The summed E-state index contributed by atoms with van der Waals surface area (Å²) in [6, 6.07) is 8.89. The molecule has 47 heavy (non-hydrogen) atoms.